The summed E-state index contributed by atoms with van der Waals surface area (Å²) in [4.78, 5) is 2.65. The van der Waals surface area contributed by atoms with Crippen LogP contribution in [-0.4, -0.2) is 39.2 Å². The Bertz CT molecular complexity index is 704. The van der Waals surface area contributed by atoms with Gasteiger partial charge < -0.3 is 4.90 Å². The summed E-state index contributed by atoms with van der Waals surface area (Å²) in [7, 11) is -3.23. The third kappa shape index (κ3) is 4.09. The maximum atomic E-state index is 11.6. The van der Waals surface area contributed by atoms with Crippen LogP contribution >= 0.6 is 0 Å². The Morgan fingerprint density at radius 2 is 1.85 bits per heavy atom. The van der Waals surface area contributed by atoms with Gasteiger partial charge in [-0.05, 0) is 48.9 Å². The first-order chi connectivity index (χ1) is 12.4. The van der Waals surface area contributed by atoms with Crippen molar-refractivity contribution in [1.82, 2.24) is 4.90 Å². The van der Waals surface area contributed by atoms with Crippen LogP contribution < -0.4 is 4.72 Å². The summed E-state index contributed by atoms with van der Waals surface area (Å²) in [6, 6.07) is 8.12. The smallest absolute Gasteiger partial charge is 0.229 e. The SMILES string of the molecule is CCCCCCN1CC2C(C1)C2(CCC)c1cccc(NS(C)(=O)=O)c1. The number of anilines is 1. The van der Waals surface area contributed by atoms with Crippen LogP contribution in [0.2, 0.25) is 0 Å². The molecule has 2 fully saturated rings. The Labute approximate surface area is 159 Å². The van der Waals surface area contributed by atoms with Gasteiger partial charge in [0.1, 0.15) is 0 Å². The highest BCUT2D eigenvalue weighted by Gasteiger charge is 2.67. The molecule has 1 aromatic carbocycles. The largest absolute Gasteiger partial charge is 0.303 e. The molecule has 2 atom stereocenters. The number of nitrogens with one attached hydrogen (secondary N) is 1. The van der Waals surface area contributed by atoms with Crippen LogP contribution in [0, 0.1) is 11.8 Å². The molecule has 0 spiro atoms. The van der Waals surface area contributed by atoms with Gasteiger partial charge in [-0.1, -0.05) is 51.7 Å². The van der Waals surface area contributed by atoms with Crippen molar-refractivity contribution in [2.24, 2.45) is 11.8 Å². The molecule has 1 aliphatic heterocycles. The zero-order valence-corrected chi connectivity index (χ0v) is 17.3. The van der Waals surface area contributed by atoms with Crippen molar-refractivity contribution in [2.45, 2.75) is 57.8 Å². The lowest BCUT2D eigenvalue weighted by molar-refractivity contribution is 0.261. The van der Waals surface area contributed by atoms with E-state index in [4.69, 9.17) is 0 Å². The van der Waals surface area contributed by atoms with Crippen molar-refractivity contribution in [3.05, 3.63) is 29.8 Å². The standard InChI is InChI=1S/C21H34N2O2S/c1-4-6-7-8-13-23-15-19-20(16-23)21(19,12-5-2)17-10-9-11-18(14-17)22-26(3,24)25/h9-11,14,19-20,22H,4-8,12-13,15-16H2,1-3H3. The van der Waals surface area contributed by atoms with Gasteiger partial charge in [0.15, 0.2) is 0 Å². The summed E-state index contributed by atoms with van der Waals surface area (Å²) < 4.78 is 25.8. The average molecular weight is 379 g/mol. The Morgan fingerprint density at radius 3 is 2.46 bits per heavy atom. The van der Waals surface area contributed by atoms with E-state index in [0.29, 0.717) is 5.69 Å². The number of unbranched alkanes of at least 4 members (excludes halogenated alkanes) is 3. The van der Waals surface area contributed by atoms with Crippen LogP contribution in [0.5, 0.6) is 0 Å². The molecule has 1 heterocycles. The van der Waals surface area contributed by atoms with Crippen LogP contribution in [0.3, 0.4) is 0 Å². The number of benzene rings is 1. The molecule has 0 aromatic heterocycles. The van der Waals surface area contributed by atoms with E-state index < -0.39 is 10.0 Å². The monoisotopic (exact) mass is 378 g/mol. The second-order valence-corrected chi connectivity index (χ2v) is 10.0. The van der Waals surface area contributed by atoms with Gasteiger partial charge in [-0.25, -0.2) is 8.42 Å². The van der Waals surface area contributed by atoms with Gasteiger partial charge in [0.25, 0.3) is 0 Å². The summed E-state index contributed by atoms with van der Waals surface area (Å²) in [5.74, 6) is 1.48. The Morgan fingerprint density at radius 1 is 1.12 bits per heavy atom. The Kier molecular flexibility index (Phi) is 5.97. The maximum absolute atomic E-state index is 11.6. The average Bonchev–Trinajstić information content (AvgIpc) is 2.96. The minimum Gasteiger partial charge on any atom is -0.303 e. The molecule has 5 heteroatoms. The lowest BCUT2D eigenvalue weighted by Crippen LogP contribution is -2.31. The van der Waals surface area contributed by atoms with E-state index in [9.17, 15) is 8.42 Å². The number of piperidine rings is 1. The van der Waals surface area contributed by atoms with Gasteiger partial charge in [-0.3, -0.25) is 4.72 Å². The number of rotatable bonds is 10. The van der Waals surface area contributed by atoms with E-state index in [1.54, 1.807) is 0 Å². The first-order valence-corrected chi connectivity index (χ1v) is 12.1. The maximum Gasteiger partial charge on any atom is 0.229 e. The van der Waals surface area contributed by atoms with E-state index in [1.165, 1.54) is 70.0 Å². The minimum absolute atomic E-state index is 0.268. The fraction of sp³-hybridized carbons (Fsp3) is 0.714. The van der Waals surface area contributed by atoms with Crippen LogP contribution in [0.25, 0.3) is 0 Å². The number of hydrogen-bond donors (Lipinski definition) is 1. The fourth-order valence-electron chi connectivity index (χ4n) is 5.20. The van der Waals surface area contributed by atoms with Crippen molar-refractivity contribution >= 4 is 15.7 Å². The van der Waals surface area contributed by atoms with Crippen molar-refractivity contribution < 1.29 is 8.42 Å². The van der Waals surface area contributed by atoms with Crippen molar-refractivity contribution in [3.63, 3.8) is 0 Å². The van der Waals surface area contributed by atoms with Gasteiger partial charge in [-0.2, -0.15) is 0 Å². The van der Waals surface area contributed by atoms with Crippen LogP contribution in [0.15, 0.2) is 24.3 Å². The zero-order valence-electron chi connectivity index (χ0n) is 16.5. The molecule has 26 heavy (non-hydrogen) atoms. The Hall–Kier alpha value is -1.07. The second-order valence-electron chi connectivity index (χ2n) is 8.28. The van der Waals surface area contributed by atoms with Crippen molar-refractivity contribution in [3.8, 4) is 0 Å². The molecule has 2 unspecified atom stereocenters. The minimum atomic E-state index is -3.23. The van der Waals surface area contributed by atoms with Gasteiger partial charge in [0, 0.05) is 24.2 Å². The molecular formula is C21H34N2O2S. The number of sulfonamides is 1. The highest BCUT2D eigenvalue weighted by atomic mass is 32.2. The van der Waals surface area contributed by atoms with Gasteiger partial charge in [-0.15, -0.1) is 0 Å². The highest BCUT2D eigenvalue weighted by Crippen LogP contribution is 2.66. The molecule has 1 saturated heterocycles. The number of hydrogen-bond acceptors (Lipinski definition) is 3. The molecule has 0 bridgehead atoms. The number of nitrogens with zero attached hydrogens (tertiary/aromatic N) is 1. The summed E-state index contributed by atoms with van der Waals surface area (Å²) in [5.41, 5.74) is 2.29. The third-order valence-corrected chi connectivity index (χ3v) is 6.91. The molecule has 2 aliphatic rings. The second kappa shape index (κ2) is 7.89. The molecule has 1 saturated carbocycles. The van der Waals surface area contributed by atoms with Gasteiger partial charge in [0.05, 0.1) is 6.26 Å². The van der Waals surface area contributed by atoms with Crippen LogP contribution in [0.1, 0.15) is 57.9 Å². The lowest BCUT2D eigenvalue weighted by atomic mass is 9.85. The summed E-state index contributed by atoms with van der Waals surface area (Å²) >= 11 is 0. The summed E-state index contributed by atoms with van der Waals surface area (Å²) in [6.07, 6.45) is 8.90. The van der Waals surface area contributed by atoms with Crippen molar-refractivity contribution in [2.75, 3.05) is 30.6 Å². The fourth-order valence-corrected chi connectivity index (χ4v) is 5.76. The third-order valence-electron chi connectivity index (χ3n) is 6.30. The zero-order chi connectivity index (χ0) is 18.8. The quantitative estimate of drug-likeness (QED) is 0.620. The molecular weight excluding hydrogens is 344 g/mol. The summed E-state index contributed by atoms with van der Waals surface area (Å²) in [5, 5.41) is 0. The predicted octanol–water partition coefficient (Wildman–Crippen LogP) is 4.24. The molecule has 0 radical (unpaired) electrons. The first kappa shape index (κ1) is 19.7. The van der Waals surface area contributed by atoms with Gasteiger partial charge in [0.2, 0.25) is 10.0 Å². The topological polar surface area (TPSA) is 49.4 Å². The van der Waals surface area contributed by atoms with E-state index in [-0.39, 0.29) is 5.41 Å². The molecule has 146 valence electrons. The summed E-state index contributed by atoms with van der Waals surface area (Å²) in [6.45, 7) is 8.18. The molecule has 1 aliphatic carbocycles. The molecule has 1 aromatic rings. The molecule has 0 amide bonds. The van der Waals surface area contributed by atoms with Crippen molar-refractivity contribution in [1.29, 1.82) is 0 Å². The van der Waals surface area contributed by atoms with Gasteiger partial charge >= 0.3 is 0 Å². The predicted molar refractivity (Wildman–Crippen MR) is 109 cm³/mol. The first-order valence-electron chi connectivity index (χ1n) is 10.2. The van der Waals surface area contributed by atoms with E-state index in [0.717, 1.165) is 11.8 Å². The number of fused-ring (bicyclic) bond motifs is 1. The normalized spacial score (nSPS) is 28.1. The van der Waals surface area contributed by atoms with Crippen LogP contribution in [-0.2, 0) is 15.4 Å². The van der Waals surface area contributed by atoms with E-state index in [1.807, 2.05) is 12.1 Å². The highest BCUT2D eigenvalue weighted by molar-refractivity contribution is 7.92. The number of likely N-dealkylation sites (tertiary alicyclic amines) is 1. The molecule has 1 N–H and O–H groups in total. The van der Waals surface area contributed by atoms with E-state index in [2.05, 4.69) is 35.6 Å². The molecule has 4 nitrogen and oxygen atoms in total. The molecule has 3 rings (SSSR count). The van der Waals surface area contributed by atoms with E-state index >= 15 is 0 Å². The lowest BCUT2D eigenvalue weighted by Gasteiger charge is -2.27. The van der Waals surface area contributed by atoms with Crippen LogP contribution in [0.4, 0.5) is 5.69 Å². The Balaban J connectivity index is 1.68.